The lowest BCUT2D eigenvalue weighted by Gasteiger charge is -2.24. The molecule has 1 atom stereocenters. The molecule has 1 aliphatic heterocycles. The van der Waals surface area contributed by atoms with Crippen molar-refractivity contribution in [3.8, 4) is 6.07 Å². The zero-order valence-corrected chi connectivity index (χ0v) is 5.67. The largest absolute Gasteiger partial charge is 0.305 e. The molecule has 0 saturated carbocycles. The van der Waals surface area contributed by atoms with Crippen molar-refractivity contribution in [2.24, 2.45) is 5.92 Å². The first-order valence-electron chi connectivity index (χ1n) is 3.24. The van der Waals surface area contributed by atoms with Crippen molar-refractivity contribution in [3.63, 3.8) is 0 Å². The Bertz CT molecular complexity index is 125. The van der Waals surface area contributed by atoms with E-state index >= 15 is 0 Å². The van der Waals surface area contributed by atoms with Crippen molar-refractivity contribution in [1.82, 2.24) is 4.90 Å². The zero-order valence-electron chi connectivity index (χ0n) is 5.67. The Kier molecular flexibility index (Phi) is 2.07. The molecule has 0 amide bonds. The summed E-state index contributed by atoms with van der Waals surface area (Å²) in [6.45, 7) is 2.02. The lowest BCUT2D eigenvalue weighted by atomic mass is 10.0. The number of piperidine rings is 1. The SMILES string of the molecule is CN1CC[CH]C(C#N)C1. The second-order valence-corrected chi connectivity index (χ2v) is 2.52. The number of rotatable bonds is 0. The fourth-order valence-electron chi connectivity index (χ4n) is 1.09. The number of hydrogen-bond acceptors (Lipinski definition) is 2. The minimum Gasteiger partial charge on any atom is -0.305 e. The molecule has 1 heterocycles. The monoisotopic (exact) mass is 123 g/mol. The van der Waals surface area contributed by atoms with E-state index in [1.54, 1.807) is 0 Å². The van der Waals surface area contributed by atoms with E-state index in [4.69, 9.17) is 5.26 Å². The first kappa shape index (κ1) is 6.57. The molecule has 2 heteroatoms. The van der Waals surface area contributed by atoms with Crippen LogP contribution in [0.4, 0.5) is 0 Å². The van der Waals surface area contributed by atoms with Gasteiger partial charge in [0.25, 0.3) is 0 Å². The second kappa shape index (κ2) is 2.84. The molecule has 49 valence electrons. The molecule has 1 radical (unpaired) electrons. The number of likely N-dealkylation sites (tertiary alicyclic amines) is 1. The first-order chi connectivity index (χ1) is 4.33. The van der Waals surface area contributed by atoms with Gasteiger partial charge < -0.3 is 4.90 Å². The van der Waals surface area contributed by atoms with E-state index in [-0.39, 0.29) is 5.92 Å². The predicted molar refractivity (Wildman–Crippen MR) is 35.5 cm³/mol. The minimum atomic E-state index is 0.170. The molecule has 2 nitrogen and oxygen atoms in total. The highest BCUT2D eigenvalue weighted by atomic mass is 15.1. The maximum Gasteiger partial charge on any atom is 0.0672 e. The maximum absolute atomic E-state index is 8.50. The van der Waals surface area contributed by atoms with Gasteiger partial charge in [0.1, 0.15) is 0 Å². The van der Waals surface area contributed by atoms with Gasteiger partial charge in [-0.1, -0.05) is 0 Å². The molecular formula is C7H11N2. The van der Waals surface area contributed by atoms with Crippen molar-refractivity contribution < 1.29 is 0 Å². The van der Waals surface area contributed by atoms with Gasteiger partial charge in [0.15, 0.2) is 0 Å². The Morgan fingerprint density at radius 1 is 1.78 bits per heavy atom. The molecule has 0 bridgehead atoms. The molecule has 1 unspecified atom stereocenters. The van der Waals surface area contributed by atoms with Crippen LogP contribution in [0.15, 0.2) is 0 Å². The Morgan fingerprint density at radius 3 is 3.00 bits per heavy atom. The Hall–Kier alpha value is -0.550. The fraction of sp³-hybridized carbons (Fsp3) is 0.714. The smallest absolute Gasteiger partial charge is 0.0672 e. The molecule has 0 aromatic heterocycles. The standard InChI is InChI=1S/C7H11N2/c1-9-4-2-3-7(5-8)6-9/h3,7H,2,4,6H2,1H3. The zero-order chi connectivity index (χ0) is 6.69. The molecule has 1 aliphatic rings. The third-order valence-corrected chi connectivity index (χ3v) is 1.64. The molecule has 1 saturated heterocycles. The molecule has 9 heavy (non-hydrogen) atoms. The van der Waals surface area contributed by atoms with E-state index in [1.807, 2.05) is 0 Å². The fourth-order valence-corrected chi connectivity index (χ4v) is 1.09. The molecule has 0 aromatic rings. The average molecular weight is 123 g/mol. The average Bonchev–Trinajstić information content (AvgIpc) is 1.88. The van der Waals surface area contributed by atoms with Crippen molar-refractivity contribution in [1.29, 1.82) is 5.26 Å². The number of nitrogens with zero attached hydrogens (tertiary/aromatic N) is 2. The summed E-state index contributed by atoms with van der Waals surface area (Å²) in [7, 11) is 2.05. The van der Waals surface area contributed by atoms with Crippen molar-refractivity contribution in [2.75, 3.05) is 20.1 Å². The van der Waals surface area contributed by atoms with E-state index in [2.05, 4.69) is 24.4 Å². The third-order valence-electron chi connectivity index (χ3n) is 1.64. The Balaban J connectivity index is 2.34. The third kappa shape index (κ3) is 1.69. The summed E-state index contributed by atoms with van der Waals surface area (Å²) in [5, 5.41) is 8.50. The number of nitriles is 1. The van der Waals surface area contributed by atoms with Crippen LogP contribution in [0.1, 0.15) is 6.42 Å². The summed E-state index contributed by atoms with van der Waals surface area (Å²) in [4.78, 5) is 2.19. The highest BCUT2D eigenvalue weighted by Gasteiger charge is 2.15. The van der Waals surface area contributed by atoms with Gasteiger partial charge in [-0.25, -0.2) is 0 Å². The molecule has 0 spiro atoms. The van der Waals surface area contributed by atoms with Gasteiger partial charge in [0, 0.05) is 6.54 Å². The van der Waals surface area contributed by atoms with Crippen LogP contribution in [0.2, 0.25) is 0 Å². The van der Waals surface area contributed by atoms with Crippen molar-refractivity contribution >= 4 is 0 Å². The van der Waals surface area contributed by atoms with Crippen LogP contribution in [-0.2, 0) is 0 Å². The van der Waals surface area contributed by atoms with E-state index in [9.17, 15) is 0 Å². The van der Waals surface area contributed by atoms with Crippen LogP contribution in [0.3, 0.4) is 0 Å². The molecular weight excluding hydrogens is 112 g/mol. The van der Waals surface area contributed by atoms with Gasteiger partial charge in [-0.2, -0.15) is 5.26 Å². The van der Waals surface area contributed by atoms with Crippen LogP contribution in [0.5, 0.6) is 0 Å². The summed E-state index contributed by atoms with van der Waals surface area (Å²) >= 11 is 0. The van der Waals surface area contributed by atoms with Crippen LogP contribution in [0, 0.1) is 23.7 Å². The van der Waals surface area contributed by atoms with Gasteiger partial charge in [-0.05, 0) is 26.4 Å². The Labute approximate surface area is 56.1 Å². The van der Waals surface area contributed by atoms with E-state index in [0.717, 1.165) is 19.5 Å². The van der Waals surface area contributed by atoms with Gasteiger partial charge >= 0.3 is 0 Å². The van der Waals surface area contributed by atoms with Gasteiger partial charge in [-0.15, -0.1) is 0 Å². The molecule has 1 fully saturated rings. The van der Waals surface area contributed by atoms with Gasteiger partial charge in [0.05, 0.1) is 12.0 Å². The Morgan fingerprint density at radius 2 is 2.56 bits per heavy atom. The summed E-state index contributed by atoms with van der Waals surface area (Å²) in [5.41, 5.74) is 0. The quantitative estimate of drug-likeness (QED) is 0.473. The van der Waals surface area contributed by atoms with Gasteiger partial charge in [-0.3, -0.25) is 0 Å². The second-order valence-electron chi connectivity index (χ2n) is 2.52. The van der Waals surface area contributed by atoms with Crippen LogP contribution >= 0.6 is 0 Å². The lowest BCUT2D eigenvalue weighted by Crippen LogP contribution is -2.31. The molecule has 0 N–H and O–H groups in total. The van der Waals surface area contributed by atoms with E-state index in [1.165, 1.54) is 0 Å². The lowest BCUT2D eigenvalue weighted by molar-refractivity contribution is 0.280. The van der Waals surface area contributed by atoms with E-state index in [0.29, 0.717) is 0 Å². The topological polar surface area (TPSA) is 27.0 Å². The summed E-state index contributed by atoms with van der Waals surface area (Å²) in [6, 6.07) is 2.24. The highest BCUT2D eigenvalue weighted by molar-refractivity contribution is 4.97. The van der Waals surface area contributed by atoms with Crippen LogP contribution in [0.25, 0.3) is 0 Å². The van der Waals surface area contributed by atoms with Crippen LogP contribution in [-0.4, -0.2) is 25.0 Å². The molecule has 1 rings (SSSR count). The molecule has 0 aliphatic carbocycles. The number of hydrogen-bond donors (Lipinski definition) is 0. The van der Waals surface area contributed by atoms with Crippen molar-refractivity contribution in [3.05, 3.63) is 6.42 Å². The summed E-state index contributed by atoms with van der Waals surface area (Å²) in [5.74, 6) is 0.170. The maximum atomic E-state index is 8.50. The van der Waals surface area contributed by atoms with Crippen molar-refractivity contribution in [2.45, 2.75) is 6.42 Å². The minimum absolute atomic E-state index is 0.170. The molecule has 0 aromatic carbocycles. The highest BCUT2D eigenvalue weighted by Crippen LogP contribution is 2.11. The van der Waals surface area contributed by atoms with Crippen LogP contribution < -0.4 is 0 Å². The normalized spacial score (nSPS) is 29.6. The first-order valence-corrected chi connectivity index (χ1v) is 3.24. The van der Waals surface area contributed by atoms with Gasteiger partial charge in [0.2, 0.25) is 0 Å². The summed E-state index contributed by atoms with van der Waals surface area (Å²) in [6.07, 6.45) is 3.16. The predicted octanol–water partition coefficient (Wildman–Crippen LogP) is 0.666. The summed E-state index contributed by atoms with van der Waals surface area (Å²) < 4.78 is 0. The van der Waals surface area contributed by atoms with E-state index < -0.39 is 0 Å².